The van der Waals surface area contributed by atoms with E-state index >= 15 is 0 Å². The third-order valence-electron chi connectivity index (χ3n) is 5.60. The highest BCUT2D eigenvalue weighted by molar-refractivity contribution is 5.91. The van der Waals surface area contributed by atoms with Crippen LogP contribution in [0.1, 0.15) is 23.7 Å². The van der Waals surface area contributed by atoms with Gasteiger partial charge in [0, 0.05) is 18.2 Å². The molecule has 1 aromatic carbocycles. The van der Waals surface area contributed by atoms with Crippen LogP contribution in [0.3, 0.4) is 0 Å². The van der Waals surface area contributed by atoms with Gasteiger partial charge in [0.15, 0.2) is 5.65 Å². The molecule has 33 heavy (non-hydrogen) atoms. The van der Waals surface area contributed by atoms with E-state index in [-0.39, 0.29) is 30.4 Å². The fourth-order valence-electron chi connectivity index (χ4n) is 3.98. The van der Waals surface area contributed by atoms with E-state index in [0.717, 1.165) is 0 Å². The number of nitrogens with zero attached hydrogens (tertiary/aromatic N) is 5. The molecule has 3 heterocycles. The molecule has 1 amide bonds. The summed E-state index contributed by atoms with van der Waals surface area (Å²) < 4.78 is 12.3. The first-order valence-electron chi connectivity index (χ1n) is 10.3. The minimum Gasteiger partial charge on any atom is -0.497 e. The van der Waals surface area contributed by atoms with Gasteiger partial charge in [-0.2, -0.15) is 5.10 Å². The number of carbonyl (C=O) groups is 1. The number of rotatable bonds is 5. The van der Waals surface area contributed by atoms with Gasteiger partial charge in [0.2, 0.25) is 5.91 Å². The van der Waals surface area contributed by atoms with Crippen LogP contribution in [0.15, 0.2) is 37.2 Å². The van der Waals surface area contributed by atoms with Crippen LogP contribution in [-0.2, 0) is 4.79 Å². The highest BCUT2D eigenvalue weighted by Crippen LogP contribution is 2.31. The van der Waals surface area contributed by atoms with Gasteiger partial charge >= 0.3 is 0 Å². The van der Waals surface area contributed by atoms with Crippen LogP contribution in [0.2, 0.25) is 0 Å². The second-order valence-corrected chi connectivity index (χ2v) is 7.52. The van der Waals surface area contributed by atoms with Gasteiger partial charge in [0.1, 0.15) is 29.3 Å². The molecule has 4 rings (SSSR count). The topological polar surface area (TPSA) is 129 Å². The van der Waals surface area contributed by atoms with Crippen LogP contribution in [0.5, 0.6) is 11.5 Å². The van der Waals surface area contributed by atoms with Gasteiger partial charge in [-0.3, -0.25) is 4.79 Å². The monoisotopic (exact) mass is 448 g/mol. The van der Waals surface area contributed by atoms with Crippen LogP contribution < -0.4 is 15.2 Å². The van der Waals surface area contributed by atoms with E-state index in [1.165, 1.54) is 12.4 Å². The molecule has 1 fully saturated rings. The van der Waals surface area contributed by atoms with Crippen molar-refractivity contribution in [1.82, 2.24) is 24.6 Å². The summed E-state index contributed by atoms with van der Waals surface area (Å²) in [4.78, 5) is 22.3. The van der Waals surface area contributed by atoms with E-state index in [1.807, 2.05) is 0 Å². The Bertz CT molecular complexity index is 1250. The van der Waals surface area contributed by atoms with Gasteiger partial charge in [-0.25, -0.2) is 14.6 Å². The maximum Gasteiger partial charge on any atom is 0.246 e. The standard InChI is InChI=1S/C23H24N6O4/c1-4-20(31)28-11-15(9-16(28)12-30)29-23-21(22(24)25-13-26-23)19(27-29)6-5-14-7-17(32-2)10-18(8-14)33-3/h4,7-8,10,13,15-16,30H,1,9,11-12H2,2-3H3,(H2,24,25,26)/t15-,16-/m0/s1. The van der Waals surface area contributed by atoms with Crippen molar-refractivity contribution >= 4 is 22.8 Å². The third-order valence-corrected chi connectivity index (χ3v) is 5.60. The zero-order valence-corrected chi connectivity index (χ0v) is 18.4. The average molecular weight is 448 g/mol. The Labute approximate surface area is 190 Å². The normalized spacial score (nSPS) is 17.5. The fourth-order valence-corrected chi connectivity index (χ4v) is 3.98. The van der Waals surface area contributed by atoms with Crippen LogP contribution in [0, 0.1) is 11.8 Å². The number of aromatic nitrogens is 4. The minimum absolute atomic E-state index is 0.156. The number of methoxy groups -OCH3 is 2. The zero-order valence-electron chi connectivity index (χ0n) is 18.4. The Morgan fingerprint density at radius 3 is 2.64 bits per heavy atom. The van der Waals surface area contributed by atoms with Crippen molar-refractivity contribution in [2.45, 2.75) is 18.5 Å². The summed E-state index contributed by atoms with van der Waals surface area (Å²) >= 11 is 0. The lowest BCUT2D eigenvalue weighted by molar-refractivity contribution is -0.127. The Hall–Kier alpha value is -4.10. The maximum atomic E-state index is 12.2. The molecule has 170 valence electrons. The van der Waals surface area contributed by atoms with Crippen LogP contribution in [-0.4, -0.2) is 69.1 Å². The summed E-state index contributed by atoms with van der Waals surface area (Å²) in [6.45, 7) is 3.75. The van der Waals surface area contributed by atoms with Crippen molar-refractivity contribution in [1.29, 1.82) is 0 Å². The summed E-state index contributed by atoms with van der Waals surface area (Å²) in [5.74, 6) is 7.39. The molecule has 3 N–H and O–H groups in total. The lowest BCUT2D eigenvalue weighted by atomic mass is 10.2. The number of amides is 1. The number of hydrogen-bond donors (Lipinski definition) is 2. The van der Waals surface area contributed by atoms with Crippen LogP contribution in [0.25, 0.3) is 11.0 Å². The second kappa shape index (κ2) is 9.18. The molecule has 1 aliphatic rings. The Balaban J connectivity index is 1.77. The first-order chi connectivity index (χ1) is 16.0. The molecule has 10 nitrogen and oxygen atoms in total. The van der Waals surface area contributed by atoms with Gasteiger partial charge in [-0.15, -0.1) is 0 Å². The summed E-state index contributed by atoms with van der Waals surface area (Å²) in [6, 6.07) is 4.79. The average Bonchev–Trinajstić information content (AvgIpc) is 3.44. The zero-order chi connectivity index (χ0) is 23.5. The van der Waals surface area contributed by atoms with Crippen molar-refractivity contribution in [3.8, 4) is 23.3 Å². The molecule has 0 radical (unpaired) electrons. The molecule has 0 bridgehead atoms. The number of fused-ring (bicyclic) bond motifs is 1. The van der Waals surface area contributed by atoms with Crippen molar-refractivity contribution in [2.75, 3.05) is 33.1 Å². The summed E-state index contributed by atoms with van der Waals surface area (Å²) in [5, 5.41) is 15.0. The molecule has 0 spiro atoms. The van der Waals surface area contributed by atoms with Crippen LogP contribution in [0.4, 0.5) is 5.82 Å². The lowest BCUT2D eigenvalue weighted by Gasteiger charge is -2.20. The first kappa shape index (κ1) is 22.1. The smallest absolute Gasteiger partial charge is 0.246 e. The van der Waals surface area contributed by atoms with E-state index in [0.29, 0.717) is 46.8 Å². The van der Waals surface area contributed by atoms with Crippen molar-refractivity contribution < 1.29 is 19.4 Å². The number of carbonyl (C=O) groups excluding carboxylic acids is 1. The molecule has 10 heteroatoms. The van der Waals surface area contributed by atoms with Gasteiger partial charge in [0.25, 0.3) is 0 Å². The number of aliphatic hydroxyl groups is 1. The second-order valence-electron chi connectivity index (χ2n) is 7.52. The SMILES string of the molecule is C=CC(=O)N1C[C@@H](n2nc(C#Cc3cc(OC)cc(OC)c3)c3c(N)ncnc32)C[C@H]1CO. The van der Waals surface area contributed by atoms with Crippen molar-refractivity contribution in [2.24, 2.45) is 0 Å². The Morgan fingerprint density at radius 1 is 1.27 bits per heavy atom. The number of nitrogen functional groups attached to an aromatic ring is 1. The van der Waals surface area contributed by atoms with Crippen molar-refractivity contribution in [3.63, 3.8) is 0 Å². The largest absolute Gasteiger partial charge is 0.497 e. The fraction of sp³-hybridized carbons (Fsp3) is 0.304. The van der Waals surface area contributed by atoms with E-state index in [9.17, 15) is 9.90 Å². The number of ether oxygens (including phenoxy) is 2. The molecular weight excluding hydrogens is 424 g/mol. The maximum absolute atomic E-state index is 12.2. The predicted octanol–water partition coefficient (Wildman–Crippen LogP) is 1.15. The Morgan fingerprint density at radius 2 is 2.00 bits per heavy atom. The molecule has 0 unspecified atom stereocenters. The summed E-state index contributed by atoms with van der Waals surface area (Å²) in [6.07, 6.45) is 3.12. The quantitative estimate of drug-likeness (QED) is 0.439. The van der Waals surface area contributed by atoms with Gasteiger partial charge in [-0.05, 0) is 30.6 Å². The molecule has 2 atom stereocenters. The number of benzene rings is 1. The molecule has 2 aromatic heterocycles. The van der Waals surface area contributed by atoms with Gasteiger partial charge in [0.05, 0.1) is 38.3 Å². The molecule has 0 aliphatic carbocycles. The number of aliphatic hydroxyl groups excluding tert-OH is 1. The number of nitrogens with two attached hydrogens (primary N) is 1. The molecule has 1 aliphatic heterocycles. The predicted molar refractivity (Wildman–Crippen MR) is 122 cm³/mol. The van der Waals surface area contributed by atoms with E-state index in [2.05, 4.69) is 33.5 Å². The highest BCUT2D eigenvalue weighted by Gasteiger charge is 2.36. The molecule has 0 saturated carbocycles. The van der Waals surface area contributed by atoms with Gasteiger partial charge < -0.3 is 25.2 Å². The van der Waals surface area contributed by atoms with Gasteiger partial charge in [-0.1, -0.05) is 12.5 Å². The van der Waals surface area contributed by atoms with E-state index in [4.69, 9.17) is 15.2 Å². The minimum atomic E-state index is -0.335. The van der Waals surface area contributed by atoms with E-state index in [1.54, 1.807) is 42.0 Å². The Kier molecular flexibility index (Phi) is 6.15. The van der Waals surface area contributed by atoms with Crippen LogP contribution >= 0.6 is 0 Å². The molecule has 3 aromatic rings. The number of hydrogen-bond acceptors (Lipinski definition) is 8. The number of likely N-dealkylation sites (tertiary alicyclic amines) is 1. The van der Waals surface area contributed by atoms with E-state index < -0.39 is 0 Å². The lowest BCUT2D eigenvalue weighted by Crippen LogP contribution is -2.36. The summed E-state index contributed by atoms with van der Waals surface area (Å²) in [5.41, 5.74) is 7.76. The molecule has 1 saturated heterocycles. The molecular formula is C23H24N6O4. The summed E-state index contributed by atoms with van der Waals surface area (Å²) in [7, 11) is 3.14. The number of anilines is 1. The highest BCUT2D eigenvalue weighted by atomic mass is 16.5. The third kappa shape index (κ3) is 4.18. The van der Waals surface area contributed by atoms with Crippen molar-refractivity contribution in [3.05, 3.63) is 48.4 Å². The first-order valence-corrected chi connectivity index (χ1v) is 10.3.